The monoisotopic (exact) mass is 959 g/mol. The van der Waals surface area contributed by atoms with Crippen molar-refractivity contribution in [3.8, 4) is 0 Å². The van der Waals surface area contributed by atoms with Crippen LogP contribution in [0.15, 0.2) is 0 Å². The van der Waals surface area contributed by atoms with Gasteiger partial charge in [-0.25, -0.2) is 4.79 Å². The average Bonchev–Trinajstić information content (AvgIpc) is 3.25. The maximum absolute atomic E-state index is 11.7. The van der Waals surface area contributed by atoms with Gasteiger partial charge in [0.05, 0.1) is 0 Å². The van der Waals surface area contributed by atoms with Crippen molar-refractivity contribution >= 4 is 17.8 Å². The smallest absolute Gasteiger partial charge is 0.319 e. The van der Waals surface area contributed by atoms with Crippen molar-refractivity contribution < 1.29 is 14.4 Å². The van der Waals surface area contributed by atoms with Crippen LogP contribution in [0.3, 0.4) is 0 Å². The van der Waals surface area contributed by atoms with Crippen molar-refractivity contribution in [3.05, 3.63) is 0 Å². The lowest BCUT2D eigenvalue weighted by Gasteiger charge is -2.39. The molecule has 0 unspecified atom stereocenters. The highest BCUT2D eigenvalue weighted by Gasteiger charge is 2.33. The first-order valence-electron chi connectivity index (χ1n) is 28.2. The Labute approximate surface area is 424 Å². The van der Waals surface area contributed by atoms with Crippen LogP contribution in [0.2, 0.25) is 0 Å². The van der Waals surface area contributed by atoms with E-state index in [1.165, 1.54) is 103 Å². The molecule has 0 aromatic carbocycles. The van der Waals surface area contributed by atoms with Gasteiger partial charge in [0.1, 0.15) is 0 Å². The van der Waals surface area contributed by atoms with E-state index >= 15 is 0 Å². The number of hydrogen-bond donors (Lipinski definition) is 0. The molecule has 68 heavy (non-hydrogen) atoms. The fraction of sp³-hybridized carbons (Fsp3) is 0.949. The van der Waals surface area contributed by atoms with E-state index in [9.17, 15) is 14.4 Å². The topological polar surface area (TPSA) is 70.7 Å². The number of nitrogens with zero attached hydrogens (tertiary/aromatic N) is 6. The third-order valence-corrected chi connectivity index (χ3v) is 16.3. The van der Waals surface area contributed by atoms with Crippen molar-refractivity contribution in [1.82, 2.24) is 29.4 Å². The molecule has 5 aliphatic heterocycles. The second-order valence-corrected chi connectivity index (χ2v) is 27.4. The summed E-state index contributed by atoms with van der Waals surface area (Å²) >= 11 is 0. The Morgan fingerprint density at radius 3 is 1.06 bits per heavy atom. The molecule has 0 N–H and O–H groups in total. The van der Waals surface area contributed by atoms with Crippen molar-refractivity contribution in [2.45, 2.75) is 215 Å². The van der Waals surface area contributed by atoms with Crippen LogP contribution >= 0.6 is 0 Å². The maximum Gasteiger partial charge on any atom is 0.319 e. The van der Waals surface area contributed by atoms with E-state index in [2.05, 4.69) is 128 Å². The van der Waals surface area contributed by atoms with Crippen LogP contribution < -0.4 is 0 Å². The molecular formula is C59H118N6O3. The molecule has 0 bridgehead atoms. The van der Waals surface area contributed by atoms with Crippen LogP contribution in [-0.2, 0) is 9.59 Å². The molecule has 0 aromatic rings. The minimum Gasteiger partial charge on any atom is -0.343 e. The molecule has 5 aliphatic rings. The van der Waals surface area contributed by atoms with Gasteiger partial charge >= 0.3 is 6.03 Å². The lowest BCUT2D eigenvalue weighted by Crippen LogP contribution is -2.45. The number of amides is 4. The molecule has 5 saturated heterocycles. The minimum absolute atomic E-state index is 0.155. The van der Waals surface area contributed by atoms with Gasteiger partial charge in [-0.2, -0.15) is 0 Å². The van der Waals surface area contributed by atoms with Gasteiger partial charge in [-0.15, -0.1) is 0 Å². The van der Waals surface area contributed by atoms with Gasteiger partial charge in [0.25, 0.3) is 0 Å². The molecule has 0 aliphatic carbocycles. The van der Waals surface area contributed by atoms with E-state index in [-0.39, 0.29) is 11.9 Å². The van der Waals surface area contributed by atoms with E-state index in [1.54, 1.807) is 11.8 Å². The summed E-state index contributed by atoms with van der Waals surface area (Å²) in [6.45, 7) is 56.6. The summed E-state index contributed by atoms with van der Waals surface area (Å²) in [5.74, 6) is 4.80. The van der Waals surface area contributed by atoms with E-state index in [0.717, 1.165) is 81.7 Å². The van der Waals surface area contributed by atoms with Crippen molar-refractivity contribution in [2.75, 3.05) is 92.6 Å². The predicted octanol–water partition coefficient (Wildman–Crippen LogP) is 13.7. The second kappa shape index (κ2) is 29.6. The van der Waals surface area contributed by atoms with E-state index < -0.39 is 0 Å². The quantitative estimate of drug-likeness (QED) is 0.275. The molecule has 9 nitrogen and oxygen atoms in total. The molecule has 0 radical (unpaired) electrons. The summed E-state index contributed by atoms with van der Waals surface area (Å²) in [5.41, 5.74) is 2.27. The summed E-state index contributed by atoms with van der Waals surface area (Å²) in [7, 11) is 3.64. The molecular weight excluding hydrogens is 841 g/mol. The summed E-state index contributed by atoms with van der Waals surface area (Å²) in [6, 6.07) is 0.155. The Morgan fingerprint density at radius 1 is 0.456 bits per heavy atom. The zero-order chi connectivity index (χ0) is 52.3. The number of urea groups is 1. The van der Waals surface area contributed by atoms with Crippen molar-refractivity contribution in [1.29, 1.82) is 0 Å². The van der Waals surface area contributed by atoms with Crippen LogP contribution in [0.25, 0.3) is 0 Å². The van der Waals surface area contributed by atoms with Crippen molar-refractivity contribution in [3.63, 3.8) is 0 Å². The first-order chi connectivity index (χ1) is 31.2. The molecule has 0 spiro atoms. The highest BCUT2D eigenvalue weighted by Crippen LogP contribution is 2.37. The minimum atomic E-state index is 0.155. The highest BCUT2D eigenvalue weighted by molar-refractivity contribution is 5.76. The maximum atomic E-state index is 11.7. The van der Waals surface area contributed by atoms with E-state index in [0.29, 0.717) is 39.4 Å². The zero-order valence-electron chi connectivity index (χ0n) is 49.5. The first kappa shape index (κ1) is 64.1. The van der Waals surface area contributed by atoms with Crippen LogP contribution in [0.4, 0.5) is 4.79 Å². The molecule has 5 rings (SSSR count). The highest BCUT2D eigenvalue weighted by atomic mass is 16.2. The Morgan fingerprint density at radius 2 is 0.779 bits per heavy atom. The molecule has 0 saturated carbocycles. The number of likely N-dealkylation sites (tertiary alicyclic amines) is 5. The summed E-state index contributed by atoms with van der Waals surface area (Å²) in [4.78, 5) is 47.1. The predicted molar refractivity (Wildman–Crippen MR) is 294 cm³/mol. The van der Waals surface area contributed by atoms with Gasteiger partial charge < -0.3 is 29.4 Å². The van der Waals surface area contributed by atoms with Crippen LogP contribution in [-0.4, -0.2) is 140 Å². The summed E-state index contributed by atoms with van der Waals surface area (Å²) in [6.07, 6.45) is 15.9. The van der Waals surface area contributed by atoms with Crippen LogP contribution in [0, 0.1) is 56.7 Å². The Hall–Kier alpha value is -1.87. The summed E-state index contributed by atoms with van der Waals surface area (Å²) in [5, 5.41) is 0. The Kier molecular flexibility index (Phi) is 27.9. The van der Waals surface area contributed by atoms with Gasteiger partial charge in [0.15, 0.2) is 0 Å². The van der Waals surface area contributed by atoms with Gasteiger partial charge in [-0.3, -0.25) is 9.59 Å². The largest absolute Gasteiger partial charge is 0.343 e. The average molecular weight is 960 g/mol. The number of hydrogen-bond acceptors (Lipinski definition) is 5. The van der Waals surface area contributed by atoms with E-state index in [4.69, 9.17) is 0 Å². The molecule has 5 heterocycles. The first-order valence-corrected chi connectivity index (χ1v) is 28.2. The number of carbonyl (C=O) groups is 3. The zero-order valence-corrected chi connectivity index (χ0v) is 49.5. The second-order valence-electron chi connectivity index (χ2n) is 27.4. The van der Waals surface area contributed by atoms with Gasteiger partial charge in [0.2, 0.25) is 11.8 Å². The molecule has 5 fully saturated rings. The number of rotatable bonds is 5. The Balaban J connectivity index is 0.000000426. The number of carbonyl (C=O) groups excluding carboxylic acids is 3. The Bertz CT molecular complexity index is 1370. The third kappa shape index (κ3) is 25.5. The fourth-order valence-electron chi connectivity index (χ4n) is 11.2. The van der Waals surface area contributed by atoms with E-state index in [1.807, 2.05) is 35.7 Å². The molecule has 0 atom stereocenters. The summed E-state index contributed by atoms with van der Waals surface area (Å²) < 4.78 is 0. The molecule has 0 aromatic heterocycles. The third-order valence-electron chi connectivity index (χ3n) is 16.3. The normalized spacial score (nSPS) is 20.7. The van der Waals surface area contributed by atoms with Gasteiger partial charge in [-0.1, -0.05) is 125 Å². The molecule has 402 valence electrons. The van der Waals surface area contributed by atoms with Crippen LogP contribution in [0.5, 0.6) is 0 Å². The fourth-order valence-corrected chi connectivity index (χ4v) is 11.2. The molecule has 9 heteroatoms. The van der Waals surface area contributed by atoms with Gasteiger partial charge in [-0.05, 0) is 173 Å². The van der Waals surface area contributed by atoms with Crippen molar-refractivity contribution in [2.24, 2.45) is 56.7 Å². The van der Waals surface area contributed by atoms with Crippen LogP contribution in [0.1, 0.15) is 215 Å². The lowest BCUT2D eigenvalue weighted by molar-refractivity contribution is -0.133. The number of piperidine rings is 5. The standard InChI is InChI=1S/C12H24N2O.2C12H23NO.C12H25N.C11H23N/c1-12(2,3)10-6-8-14(9-7-10)11(15)13(4)5;1-10(14)13-7-5-11(6-8-13)9-12(2,3)4;1-5-11(14)13-8-6-10(7-9-13)12(2,3)4;1-5-8-13-9-6-11(7-10-13)12(2,3)4;1-5-12-8-6-10(7-9-12)11(2,3)4/h10H,6-9H2,1-5H3;11H,5-9H2,1-4H3;10H,5-9H2,1-4H3;11H,5-10H2,1-4H3;10H,5-9H2,1-4H3. The van der Waals surface area contributed by atoms with Gasteiger partial charge in [0, 0.05) is 66.7 Å². The lowest BCUT2D eigenvalue weighted by atomic mass is 9.75. The molecule has 4 amide bonds. The SMILES string of the molecule is CC(=O)N1CCC(CC(C)(C)C)CC1.CCC(=O)N1CCC(C(C)(C)C)CC1.CCCN1CCC(C(C)(C)C)CC1.CCN1CCC(C(C)(C)C)CC1.CN(C)C(=O)N1CCC(C(C)(C)C)CC1.